The lowest BCUT2D eigenvalue weighted by Gasteiger charge is -2.27. The van der Waals surface area contributed by atoms with Crippen LogP contribution in [0.4, 0.5) is 11.4 Å². The number of ether oxygens (including phenoxy) is 1. The summed E-state index contributed by atoms with van der Waals surface area (Å²) in [4.78, 5) is 18.5. The first kappa shape index (κ1) is 26.0. The molecule has 0 saturated carbocycles. The largest absolute Gasteiger partial charge is 0.494 e. The van der Waals surface area contributed by atoms with Crippen molar-refractivity contribution in [3.05, 3.63) is 94.4 Å². The quantitative estimate of drug-likeness (QED) is 0.229. The molecule has 0 radical (unpaired) electrons. The predicted molar refractivity (Wildman–Crippen MR) is 154 cm³/mol. The first-order valence-electron chi connectivity index (χ1n) is 11.9. The molecule has 1 aliphatic rings. The van der Waals surface area contributed by atoms with Crippen LogP contribution in [0.3, 0.4) is 0 Å². The minimum atomic E-state index is -0.366. The molecule has 10 heteroatoms. The van der Waals surface area contributed by atoms with E-state index < -0.39 is 0 Å². The lowest BCUT2D eigenvalue weighted by Crippen LogP contribution is -2.29. The van der Waals surface area contributed by atoms with Crippen LogP contribution < -0.4 is 20.3 Å². The molecule has 194 valence electrons. The van der Waals surface area contributed by atoms with E-state index in [-0.39, 0.29) is 18.0 Å². The number of aromatic nitrogens is 1. The second kappa shape index (κ2) is 11.0. The van der Waals surface area contributed by atoms with Crippen molar-refractivity contribution in [2.45, 2.75) is 25.4 Å². The molecule has 1 aliphatic heterocycles. The Kier molecular flexibility index (Phi) is 7.56. The van der Waals surface area contributed by atoms with Crippen LogP contribution in [0.25, 0.3) is 11.3 Å². The van der Waals surface area contributed by atoms with Crippen molar-refractivity contribution in [2.24, 2.45) is 0 Å². The third kappa shape index (κ3) is 5.07. The van der Waals surface area contributed by atoms with Crippen LogP contribution in [-0.2, 0) is 4.79 Å². The molecule has 2 aromatic carbocycles. The lowest BCUT2D eigenvalue weighted by atomic mass is 10.0. The highest BCUT2D eigenvalue weighted by molar-refractivity contribution is 7.80. The topological polar surface area (TPSA) is 79.6 Å². The fourth-order valence-electron chi connectivity index (χ4n) is 4.41. The van der Waals surface area contributed by atoms with Gasteiger partial charge in [-0.3, -0.25) is 9.78 Å². The summed E-state index contributed by atoms with van der Waals surface area (Å²) in [5.41, 5.74) is 2.97. The van der Waals surface area contributed by atoms with Gasteiger partial charge in [-0.1, -0.05) is 36.2 Å². The van der Waals surface area contributed by atoms with E-state index >= 15 is 0 Å². The van der Waals surface area contributed by atoms with E-state index in [1.807, 2.05) is 53.4 Å². The Labute approximate surface area is 235 Å². The van der Waals surface area contributed by atoms with Gasteiger partial charge in [-0.2, -0.15) is 0 Å². The molecule has 0 unspecified atom stereocenters. The Balaban J connectivity index is 1.58. The molecule has 3 heterocycles. The molecule has 0 bridgehead atoms. The van der Waals surface area contributed by atoms with Crippen molar-refractivity contribution >= 4 is 57.8 Å². The molecule has 4 aromatic rings. The van der Waals surface area contributed by atoms with Crippen LogP contribution >= 0.6 is 35.4 Å². The number of nitrogens with zero attached hydrogens (tertiary/aromatic N) is 2. The molecular formula is C28H24Cl2N4O3S. The highest BCUT2D eigenvalue weighted by Crippen LogP contribution is 2.44. The van der Waals surface area contributed by atoms with Gasteiger partial charge in [0.1, 0.15) is 23.3 Å². The van der Waals surface area contributed by atoms with Crippen molar-refractivity contribution in [3.63, 3.8) is 0 Å². The molecule has 38 heavy (non-hydrogen) atoms. The summed E-state index contributed by atoms with van der Waals surface area (Å²) in [6.07, 6.45) is 2.11. The summed E-state index contributed by atoms with van der Waals surface area (Å²) in [6.45, 7) is 1.79. The summed E-state index contributed by atoms with van der Waals surface area (Å²) in [6, 6.07) is 19.8. The fourth-order valence-corrected chi connectivity index (χ4v) is 5.05. The zero-order valence-corrected chi connectivity index (χ0v) is 22.9. The van der Waals surface area contributed by atoms with Gasteiger partial charge in [0.2, 0.25) is 5.91 Å². The summed E-state index contributed by atoms with van der Waals surface area (Å²) in [5.74, 6) is 1.73. The molecule has 0 spiro atoms. The molecule has 2 aromatic heterocycles. The van der Waals surface area contributed by atoms with Crippen LogP contribution in [0.2, 0.25) is 10.0 Å². The van der Waals surface area contributed by atoms with E-state index in [0.717, 1.165) is 16.9 Å². The SMILES string of the molecule is CCC(=O)Nc1ccc(N2C(=S)N[C@H](c3ccccn3)[C@@H]2c2ccc(-c3ccc(Cl)c(Cl)c3)o2)cc1OC. The van der Waals surface area contributed by atoms with E-state index in [9.17, 15) is 4.79 Å². The average molecular weight is 567 g/mol. The van der Waals surface area contributed by atoms with Crippen LogP contribution in [0.15, 0.2) is 77.3 Å². The number of carbonyl (C=O) groups is 1. The van der Waals surface area contributed by atoms with Gasteiger partial charge in [0.25, 0.3) is 0 Å². The minimum absolute atomic E-state index is 0.104. The Hall–Kier alpha value is -3.59. The number of hydrogen-bond donors (Lipinski definition) is 2. The number of hydrogen-bond acceptors (Lipinski definition) is 5. The molecule has 1 saturated heterocycles. The van der Waals surface area contributed by atoms with Gasteiger partial charge in [0.05, 0.1) is 34.6 Å². The van der Waals surface area contributed by atoms with Gasteiger partial charge in [0.15, 0.2) is 5.11 Å². The molecule has 2 atom stereocenters. The van der Waals surface area contributed by atoms with Gasteiger partial charge in [-0.15, -0.1) is 0 Å². The van der Waals surface area contributed by atoms with Crippen molar-refractivity contribution in [3.8, 4) is 17.1 Å². The highest BCUT2D eigenvalue weighted by Gasteiger charge is 2.42. The maximum atomic E-state index is 12.0. The smallest absolute Gasteiger partial charge is 0.224 e. The van der Waals surface area contributed by atoms with E-state index in [1.165, 1.54) is 0 Å². The lowest BCUT2D eigenvalue weighted by molar-refractivity contribution is -0.115. The van der Waals surface area contributed by atoms with Gasteiger partial charge < -0.3 is 24.7 Å². The van der Waals surface area contributed by atoms with Crippen molar-refractivity contribution < 1.29 is 13.9 Å². The second-order valence-electron chi connectivity index (χ2n) is 8.61. The zero-order valence-electron chi connectivity index (χ0n) is 20.6. The number of pyridine rings is 1. The molecule has 1 amide bonds. The molecule has 2 N–H and O–H groups in total. The summed E-state index contributed by atoms with van der Waals surface area (Å²) in [5, 5.41) is 7.70. The molecule has 5 rings (SSSR count). The van der Waals surface area contributed by atoms with Gasteiger partial charge in [-0.25, -0.2) is 0 Å². The maximum Gasteiger partial charge on any atom is 0.224 e. The molecule has 7 nitrogen and oxygen atoms in total. The van der Waals surface area contributed by atoms with E-state index in [4.69, 9.17) is 44.6 Å². The number of amides is 1. The Morgan fingerprint density at radius 3 is 2.68 bits per heavy atom. The highest BCUT2D eigenvalue weighted by atomic mass is 35.5. The Morgan fingerprint density at radius 2 is 1.97 bits per heavy atom. The number of nitrogens with one attached hydrogen (secondary N) is 2. The van der Waals surface area contributed by atoms with Crippen molar-refractivity contribution in [1.82, 2.24) is 10.3 Å². The van der Waals surface area contributed by atoms with Crippen LogP contribution in [-0.4, -0.2) is 23.1 Å². The third-order valence-electron chi connectivity index (χ3n) is 6.28. The monoisotopic (exact) mass is 566 g/mol. The standard InChI is InChI=1S/C28H24Cl2N4O3S/c1-3-25(35)32-20-10-8-17(15-24(20)36-2)34-27(26(33-28(34)38)21-6-4-5-13-31-21)23-12-11-22(37-23)16-7-9-18(29)19(30)14-16/h4-15,26-27H,3H2,1-2H3,(H,32,35)(H,33,38)/t26-,27+/m1/s1. The summed E-state index contributed by atoms with van der Waals surface area (Å²) >= 11 is 18.2. The fraction of sp³-hybridized carbons (Fsp3) is 0.179. The van der Waals surface area contributed by atoms with Gasteiger partial charge in [0, 0.05) is 29.9 Å². The van der Waals surface area contributed by atoms with Crippen molar-refractivity contribution in [1.29, 1.82) is 0 Å². The van der Waals surface area contributed by atoms with Crippen LogP contribution in [0.5, 0.6) is 5.75 Å². The number of carbonyl (C=O) groups excluding carboxylic acids is 1. The number of methoxy groups -OCH3 is 1. The maximum absolute atomic E-state index is 12.0. The molecule has 0 aliphatic carbocycles. The van der Waals surface area contributed by atoms with Gasteiger partial charge in [-0.05, 0) is 66.8 Å². The molecular weight excluding hydrogens is 543 g/mol. The zero-order chi connectivity index (χ0) is 26.8. The van der Waals surface area contributed by atoms with E-state index in [1.54, 1.807) is 38.4 Å². The third-order valence-corrected chi connectivity index (χ3v) is 7.33. The van der Waals surface area contributed by atoms with Gasteiger partial charge >= 0.3 is 0 Å². The second-order valence-corrected chi connectivity index (χ2v) is 9.81. The Morgan fingerprint density at radius 1 is 1.13 bits per heavy atom. The van der Waals surface area contributed by atoms with Crippen LogP contribution in [0.1, 0.15) is 36.9 Å². The number of anilines is 2. The number of furan rings is 1. The normalized spacial score (nSPS) is 16.8. The van der Waals surface area contributed by atoms with Crippen molar-refractivity contribution in [2.75, 3.05) is 17.3 Å². The minimum Gasteiger partial charge on any atom is -0.494 e. The summed E-state index contributed by atoms with van der Waals surface area (Å²) < 4.78 is 12.0. The van der Waals surface area contributed by atoms with E-state index in [0.29, 0.717) is 44.5 Å². The number of rotatable bonds is 7. The predicted octanol–water partition coefficient (Wildman–Crippen LogP) is 7.18. The molecule has 1 fully saturated rings. The summed E-state index contributed by atoms with van der Waals surface area (Å²) in [7, 11) is 1.56. The number of benzene rings is 2. The first-order chi connectivity index (χ1) is 18.4. The van der Waals surface area contributed by atoms with E-state index in [2.05, 4.69) is 15.6 Å². The van der Waals surface area contributed by atoms with Crippen LogP contribution in [0, 0.1) is 0 Å². The average Bonchev–Trinajstić information content (AvgIpc) is 3.55. The first-order valence-corrected chi connectivity index (χ1v) is 13.1. The Bertz CT molecular complexity index is 1490. The number of halogens is 2. The number of thiocarbonyl (C=S) groups is 1.